The van der Waals surface area contributed by atoms with Crippen LogP contribution in [-0.2, 0) is 19.6 Å². The molecule has 2 atom stereocenters. The lowest BCUT2D eigenvalue weighted by atomic mass is 10.1. The standard InChI is InChI=1S/C15H20N2O5S/c1-15(2)11(12(15)14(19)20)13(18)16-9-5-7-10(8-6-9)23(21,22)17(3)4/h5-8,11-12H,1-4H3,(H,16,18)(H,19,20)/t11-,12+/m1/s1. The zero-order valence-corrected chi connectivity index (χ0v) is 14.2. The maximum absolute atomic E-state index is 12.2. The smallest absolute Gasteiger partial charge is 0.307 e. The molecule has 8 heteroatoms. The van der Waals surface area contributed by atoms with Gasteiger partial charge < -0.3 is 10.4 Å². The van der Waals surface area contributed by atoms with Crippen molar-refractivity contribution < 1.29 is 23.1 Å². The van der Waals surface area contributed by atoms with Crippen molar-refractivity contribution in [1.82, 2.24) is 4.31 Å². The molecule has 1 aromatic rings. The van der Waals surface area contributed by atoms with Gasteiger partial charge in [-0.1, -0.05) is 13.8 Å². The SMILES string of the molecule is CN(C)S(=O)(=O)c1ccc(NC(=O)[C@H]2[C@@H](C(=O)O)C2(C)C)cc1. The van der Waals surface area contributed by atoms with Crippen molar-refractivity contribution in [3.63, 3.8) is 0 Å². The number of sulfonamides is 1. The first kappa shape index (κ1) is 17.4. The number of aliphatic carboxylic acids is 1. The van der Waals surface area contributed by atoms with Gasteiger partial charge in [0.2, 0.25) is 15.9 Å². The van der Waals surface area contributed by atoms with Crippen molar-refractivity contribution in [2.45, 2.75) is 18.7 Å². The van der Waals surface area contributed by atoms with E-state index in [1.54, 1.807) is 13.8 Å². The number of carbonyl (C=O) groups is 2. The fourth-order valence-corrected chi connectivity index (χ4v) is 3.63. The van der Waals surface area contributed by atoms with Crippen LogP contribution in [0, 0.1) is 17.3 Å². The van der Waals surface area contributed by atoms with Crippen LogP contribution < -0.4 is 5.32 Å². The van der Waals surface area contributed by atoms with Crippen LogP contribution in [0.5, 0.6) is 0 Å². The Kier molecular flexibility index (Phi) is 4.25. The van der Waals surface area contributed by atoms with Gasteiger partial charge in [-0.25, -0.2) is 12.7 Å². The molecule has 1 fully saturated rings. The number of amides is 1. The molecular formula is C15H20N2O5S. The van der Waals surface area contributed by atoms with Crippen molar-refractivity contribution in [2.75, 3.05) is 19.4 Å². The number of hydrogen-bond donors (Lipinski definition) is 2. The predicted octanol–water partition coefficient (Wildman–Crippen LogP) is 1.23. The second-order valence-electron chi connectivity index (χ2n) is 6.42. The first-order valence-electron chi connectivity index (χ1n) is 7.06. The molecule has 1 aromatic carbocycles. The first-order valence-corrected chi connectivity index (χ1v) is 8.50. The summed E-state index contributed by atoms with van der Waals surface area (Å²) in [5.41, 5.74) is -0.149. The highest BCUT2D eigenvalue weighted by molar-refractivity contribution is 7.89. The third-order valence-corrected chi connectivity index (χ3v) is 6.11. The van der Waals surface area contributed by atoms with E-state index in [9.17, 15) is 18.0 Å². The summed E-state index contributed by atoms with van der Waals surface area (Å²) in [4.78, 5) is 23.4. The number of nitrogens with zero attached hydrogens (tertiary/aromatic N) is 1. The number of carboxylic acid groups (broad SMARTS) is 1. The predicted molar refractivity (Wildman–Crippen MR) is 84.3 cm³/mol. The fraction of sp³-hybridized carbons (Fsp3) is 0.467. The molecule has 1 aliphatic rings. The van der Waals surface area contributed by atoms with E-state index in [2.05, 4.69) is 5.32 Å². The molecule has 23 heavy (non-hydrogen) atoms. The highest BCUT2D eigenvalue weighted by atomic mass is 32.2. The summed E-state index contributed by atoms with van der Waals surface area (Å²) in [5.74, 6) is -2.64. The Labute approximate surface area is 135 Å². The zero-order valence-electron chi connectivity index (χ0n) is 13.4. The van der Waals surface area contributed by atoms with Crippen LogP contribution in [-0.4, -0.2) is 43.8 Å². The van der Waals surface area contributed by atoms with Crippen LogP contribution in [0.3, 0.4) is 0 Å². The second-order valence-corrected chi connectivity index (χ2v) is 8.57. The number of carboxylic acids is 1. The monoisotopic (exact) mass is 340 g/mol. The molecule has 0 saturated heterocycles. The van der Waals surface area contributed by atoms with Crippen molar-refractivity contribution in [3.8, 4) is 0 Å². The van der Waals surface area contributed by atoms with Gasteiger partial charge in [-0.2, -0.15) is 0 Å². The number of benzene rings is 1. The lowest BCUT2D eigenvalue weighted by Gasteiger charge is -2.12. The molecule has 1 saturated carbocycles. The molecule has 126 valence electrons. The van der Waals surface area contributed by atoms with Gasteiger partial charge in [-0.3, -0.25) is 9.59 Å². The van der Waals surface area contributed by atoms with Gasteiger partial charge in [0.05, 0.1) is 16.7 Å². The zero-order chi connectivity index (χ0) is 17.6. The maximum atomic E-state index is 12.2. The Morgan fingerprint density at radius 2 is 1.65 bits per heavy atom. The number of rotatable bonds is 5. The minimum absolute atomic E-state index is 0.121. The summed E-state index contributed by atoms with van der Waals surface area (Å²) >= 11 is 0. The molecule has 2 rings (SSSR count). The molecule has 0 heterocycles. The maximum Gasteiger partial charge on any atom is 0.307 e. The Bertz CT molecular complexity index is 738. The van der Waals surface area contributed by atoms with Crippen molar-refractivity contribution >= 4 is 27.6 Å². The quantitative estimate of drug-likeness (QED) is 0.839. The van der Waals surface area contributed by atoms with Crippen molar-refractivity contribution in [3.05, 3.63) is 24.3 Å². The molecule has 1 aliphatic carbocycles. The molecule has 0 radical (unpaired) electrons. The Hall–Kier alpha value is -1.93. The molecule has 0 bridgehead atoms. The van der Waals surface area contributed by atoms with E-state index in [1.165, 1.54) is 38.4 Å². The summed E-state index contributed by atoms with van der Waals surface area (Å²) in [7, 11) is -0.648. The van der Waals surface area contributed by atoms with Crippen LogP contribution in [0.2, 0.25) is 0 Å². The van der Waals surface area contributed by atoms with Gasteiger partial charge in [-0.05, 0) is 29.7 Å². The lowest BCUT2D eigenvalue weighted by molar-refractivity contribution is -0.140. The van der Waals surface area contributed by atoms with Gasteiger partial charge in [0.15, 0.2) is 0 Å². The molecule has 0 aliphatic heterocycles. The van der Waals surface area contributed by atoms with Crippen LogP contribution in [0.1, 0.15) is 13.8 Å². The third kappa shape index (κ3) is 3.09. The van der Waals surface area contributed by atoms with Gasteiger partial charge in [-0.15, -0.1) is 0 Å². The lowest BCUT2D eigenvalue weighted by Crippen LogP contribution is -2.22. The topological polar surface area (TPSA) is 104 Å². The summed E-state index contributed by atoms with van der Waals surface area (Å²) in [6, 6.07) is 5.77. The summed E-state index contributed by atoms with van der Waals surface area (Å²) < 4.78 is 25.0. The number of carbonyl (C=O) groups excluding carboxylic acids is 1. The van der Waals surface area contributed by atoms with Crippen LogP contribution in [0.4, 0.5) is 5.69 Å². The molecule has 2 N–H and O–H groups in total. The highest BCUT2D eigenvalue weighted by Gasteiger charge is 2.65. The van der Waals surface area contributed by atoms with Gasteiger partial charge >= 0.3 is 5.97 Å². The van der Waals surface area contributed by atoms with E-state index < -0.39 is 33.2 Å². The molecule has 7 nitrogen and oxygen atoms in total. The average molecular weight is 340 g/mol. The fourth-order valence-electron chi connectivity index (χ4n) is 2.73. The number of hydrogen-bond acceptors (Lipinski definition) is 4. The Balaban J connectivity index is 2.11. The minimum atomic E-state index is -3.52. The molecule has 0 aromatic heterocycles. The van der Waals surface area contributed by atoms with E-state index in [0.29, 0.717) is 5.69 Å². The van der Waals surface area contributed by atoms with E-state index >= 15 is 0 Å². The van der Waals surface area contributed by atoms with E-state index in [-0.39, 0.29) is 10.8 Å². The first-order chi connectivity index (χ1) is 10.5. The van der Waals surface area contributed by atoms with Gasteiger partial charge in [0.25, 0.3) is 0 Å². The van der Waals surface area contributed by atoms with Crippen LogP contribution in [0.25, 0.3) is 0 Å². The van der Waals surface area contributed by atoms with Crippen LogP contribution in [0.15, 0.2) is 29.2 Å². The van der Waals surface area contributed by atoms with Gasteiger partial charge in [0, 0.05) is 19.8 Å². The molecule has 0 spiro atoms. The summed E-state index contributed by atoms with van der Waals surface area (Å²) in [6.07, 6.45) is 0. The average Bonchev–Trinajstić information content (AvgIpc) is 3.02. The normalized spacial score (nSPS) is 22.7. The Morgan fingerprint density at radius 1 is 1.13 bits per heavy atom. The molecular weight excluding hydrogens is 320 g/mol. The Morgan fingerprint density at radius 3 is 2.04 bits per heavy atom. The second kappa shape index (κ2) is 5.61. The minimum Gasteiger partial charge on any atom is -0.481 e. The number of nitrogens with one attached hydrogen (secondary N) is 1. The molecule has 1 amide bonds. The van der Waals surface area contributed by atoms with E-state index in [4.69, 9.17) is 5.11 Å². The number of anilines is 1. The van der Waals surface area contributed by atoms with Crippen molar-refractivity contribution in [1.29, 1.82) is 0 Å². The largest absolute Gasteiger partial charge is 0.481 e. The third-order valence-electron chi connectivity index (χ3n) is 4.28. The summed E-state index contributed by atoms with van der Waals surface area (Å²) in [5, 5.41) is 11.7. The van der Waals surface area contributed by atoms with Gasteiger partial charge in [0.1, 0.15) is 0 Å². The van der Waals surface area contributed by atoms with Crippen molar-refractivity contribution in [2.24, 2.45) is 17.3 Å². The summed E-state index contributed by atoms with van der Waals surface area (Å²) in [6.45, 7) is 3.48. The van der Waals surface area contributed by atoms with E-state index in [1.807, 2.05) is 0 Å². The molecule has 0 unspecified atom stereocenters. The van der Waals surface area contributed by atoms with E-state index in [0.717, 1.165) is 4.31 Å². The van der Waals surface area contributed by atoms with Crippen LogP contribution >= 0.6 is 0 Å². The highest BCUT2D eigenvalue weighted by Crippen LogP contribution is 2.58.